The molecular weight excluding hydrogens is 302 g/mol. The van der Waals surface area contributed by atoms with Crippen LogP contribution in [0.4, 0.5) is 32.0 Å². The molecule has 1 aliphatic heterocycles. The first-order valence-corrected chi connectivity index (χ1v) is 5.80. The summed E-state index contributed by atoms with van der Waals surface area (Å²) in [5, 5.41) is 3.56. The third-order valence-corrected chi connectivity index (χ3v) is 2.97. The lowest BCUT2D eigenvalue weighted by Crippen LogP contribution is -2.56. The van der Waals surface area contributed by atoms with Crippen LogP contribution in [0.1, 0.15) is 6.42 Å². The number of hydrogen-bond donors (Lipinski definition) is 1. The molecule has 1 aromatic carbocycles. The Balaban J connectivity index is 2.18. The van der Waals surface area contributed by atoms with Crippen LogP contribution in [0.15, 0.2) is 35.4 Å². The number of alkyl halides is 6. The van der Waals surface area contributed by atoms with Crippen molar-refractivity contribution in [1.82, 2.24) is 0 Å². The zero-order chi connectivity index (χ0) is 15.7. The third kappa shape index (κ3) is 2.97. The number of halogens is 6. The van der Waals surface area contributed by atoms with Gasteiger partial charge in [-0.25, -0.2) is 0 Å². The molecular formula is C12H10F6N2O. The van der Waals surface area contributed by atoms with Gasteiger partial charge in [-0.1, -0.05) is 18.2 Å². The lowest BCUT2D eigenvalue weighted by molar-refractivity contribution is -0.367. The van der Waals surface area contributed by atoms with E-state index in [1.54, 1.807) is 30.3 Å². The Labute approximate surface area is 115 Å². The highest BCUT2D eigenvalue weighted by atomic mass is 19.4. The minimum absolute atomic E-state index is 0.353. The second kappa shape index (κ2) is 5.21. The van der Waals surface area contributed by atoms with E-state index in [0.29, 0.717) is 5.69 Å². The Kier molecular flexibility index (Phi) is 3.87. The molecule has 21 heavy (non-hydrogen) atoms. The standard InChI is InChI=1S/C12H10F6N2O/c13-11(14,15)10(12(16,17)18)6-9(7-21-10)20-19-8-4-2-1-3-5-8/h1-5,19H,6-7H2/b20-9-. The normalized spacial score (nSPS) is 20.8. The maximum atomic E-state index is 12.7. The minimum Gasteiger partial charge on any atom is -0.352 e. The van der Waals surface area contributed by atoms with Crippen LogP contribution < -0.4 is 5.43 Å². The predicted molar refractivity (Wildman–Crippen MR) is 62.9 cm³/mol. The molecule has 0 radical (unpaired) electrons. The van der Waals surface area contributed by atoms with Crippen molar-refractivity contribution in [2.45, 2.75) is 24.4 Å². The van der Waals surface area contributed by atoms with Crippen LogP contribution in [-0.4, -0.2) is 30.3 Å². The Bertz CT molecular complexity index is 509. The number of ether oxygens (including phenoxy) is 1. The molecule has 0 unspecified atom stereocenters. The Morgan fingerprint density at radius 3 is 2.05 bits per heavy atom. The number of nitrogens with zero attached hydrogens (tertiary/aromatic N) is 1. The van der Waals surface area contributed by atoms with E-state index in [2.05, 4.69) is 15.3 Å². The SMILES string of the molecule is FC(F)(F)C1(C(F)(F)F)C/C(=N/Nc2ccccc2)CO1. The fourth-order valence-electron chi connectivity index (χ4n) is 1.85. The van der Waals surface area contributed by atoms with Gasteiger partial charge >= 0.3 is 12.4 Å². The van der Waals surface area contributed by atoms with Crippen LogP contribution in [-0.2, 0) is 4.74 Å². The summed E-state index contributed by atoms with van der Waals surface area (Å²) in [5.41, 5.74) is -1.69. The smallest absolute Gasteiger partial charge is 0.352 e. The largest absolute Gasteiger partial charge is 0.426 e. The van der Waals surface area contributed by atoms with E-state index in [1.165, 1.54) is 0 Å². The maximum Gasteiger partial charge on any atom is 0.426 e. The first-order chi connectivity index (χ1) is 9.66. The van der Waals surface area contributed by atoms with E-state index in [0.717, 1.165) is 0 Å². The van der Waals surface area contributed by atoms with E-state index >= 15 is 0 Å². The molecule has 0 spiro atoms. The molecule has 1 saturated heterocycles. The van der Waals surface area contributed by atoms with Crippen LogP contribution >= 0.6 is 0 Å². The Hall–Kier alpha value is -1.77. The van der Waals surface area contributed by atoms with Crippen molar-refractivity contribution >= 4 is 11.4 Å². The van der Waals surface area contributed by atoms with Gasteiger partial charge in [0.15, 0.2) is 0 Å². The lowest BCUT2D eigenvalue weighted by atomic mass is 9.98. The summed E-state index contributed by atoms with van der Waals surface area (Å²) < 4.78 is 80.4. The second-order valence-electron chi connectivity index (χ2n) is 4.44. The van der Waals surface area contributed by atoms with Crippen LogP contribution in [0, 0.1) is 0 Å². The highest BCUT2D eigenvalue weighted by Gasteiger charge is 2.74. The van der Waals surface area contributed by atoms with Gasteiger partial charge in [0, 0.05) is 6.42 Å². The number of rotatable bonds is 2. The average molecular weight is 312 g/mol. The molecule has 0 aliphatic carbocycles. The summed E-state index contributed by atoms with van der Waals surface area (Å²) in [7, 11) is 0. The molecule has 0 bridgehead atoms. The molecule has 2 rings (SSSR count). The van der Waals surface area contributed by atoms with Gasteiger partial charge in [0.25, 0.3) is 5.60 Å². The van der Waals surface area contributed by atoms with E-state index in [9.17, 15) is 26.3 Å². The molecule has 0 saturated carbocycles. The van der Waals surface area contributed by atoms with E-state index < -0.39 is 31.0 Å². The number of hydrogen-bond acceptors (Lipinski definition) is 3. The molecule has 1 fully saturated rings. The fourth-order valence-corrected chi connectivity index (χ4v) is 1.85. The van der Waals surface area contributed by atoms with E-state index in [-0.39, 0.29) is 5.71 Å². The molecule has 9 heteroatoms. The van der Waals surface area contributed by atoms with Gasteiger partial charge in [-0.15, -0.1) is 0 Å². The molecule has 0 aromatic heterocycles. The summed E-state index contributed by atoms with van der Waals surface area (Å²) in [6.45, 7) is -0.834. The predicted octanol–water partition coefficient (Wildman–Crippen LogP) is 3.74. The molecule has 3 nitrogen and oxygen atoms in total. The summed E-state index contributed by atoms with van der Waals surface area (Å²) >= 11 is 0. The van der Waals surface area contributed by atoms with Gasteiger partial charge in [0.2, 0.25) is 0 Å². The highest BCUT2D eigenvalue weighted by molar-refractivity contribution is 5.89. The Morgan fingerprint density at radius 1 is 1.00 bits per heavy atom. The van der Waals surface area contributed by atoms with E-state index in [4.69, 9.17) is 0 Å². The first-order valence-electron chi connectivity index (χ1n) is 5.80. The quantitative estimate of drug-likeness (QED) is 0.667. The molecule has 1 aliphatic rings. The van der Waals surface area contributed by atoms with Crippen LogP contribution in [0.5, 0.6) is 0 Å². The third-order valence-electron chi connectivity index (χ3n) is 2.97. The summed E-state index contributed by atoms with van der Waals surface area (Å²) in [5.74, 6) is 0. The fraction of sp³-hybridized carbons (Fsp3) is 0.417. The van der Waals surface area contributed by atoms with Gasteiger partial charge in [0.1, 0.15) is 0 Å². The van der Waals surface area contributed by atoms with Crippen molar-refractivity contribution in [2.24, 2.45) is 5.10 Å². The lowest BCUT2D eigenvalue weighted by Gasteiger charge is -2.31. The van der Waals surface area contributed by atoms with Crippen molar-refractivity contribution in [1.29, 1.82) is 0 Å². The molecule has 1 aromatic rings. The van der Waals surface area contributed by atoms with Crippen molar-refractivity contribution in [3.63, 3.8) is 0 Å². The summed E-state index contributed by atoms with van der Waals surface area (Å²) in [6, 6.07) is 8.13. The molecule has 116 valence electrons. The van der Waals surface area contributed by atoms with Gasteiger partial charge in [-0.3, -0.25) is 5.43 Å². The average Bonchev–Trinajstić information content (AvgIpc) is 2.82. The second-order valence-corrected chi connectivity index (χ2v) is 4.44. The van der Waals surface area contributed by atoms with Gasteiger partial charge in [0.05, 0.1) is 18.0 Å². The number of hydrazone groups is 1. The summed E-state index contributed by atoms with van der Waals surface area (Å²) in [4.78, 5) is 0. The highest BCUT2D eigenvalue weighted by Crippen LogP contribution is 2.50. The maximum absolute atomic E-state index is 12.7. The number of nitrogens with one attached hydrogen (secondary N) is 1. The number of anilines is 1. The minimum atomic E-state index is -5.56. The van der Waals surface area contributed by atoms with Crippen LogP contribution in [0.2, 0.25) is 0 Å². The number of para-hydroxylation sites is 1. The van der Waals surface area contributed by atoms with Crippen molar-refractivity contribution in [3.05, 3.63) is 30.3 Å². The van der Waals surface area contributed by atoms with Crippen molar-refractivity contribution < 1.29 is 31.1 Å². The van der Waals surface area contributed by atoms with Crippen LogP contribution in [0.25, 0.3) is 0 Å². The van der Waals surface area contributed by atoms with Crippen LogP contribution in [0.3, 0.4) is 0 Å². The zero-order valence-electron chi connectivity index (χ0n) is 10.4. The first kappa shape index (κ1) is 15.6. The van der Waals surface area contributed by atoms with Crippen molar-refractivity contribution in [3.8, 4) is 0 Å². The van der Waals surface area contributed by atoms with Gasteiger partial charge < -0.3 is 4.74 Å². The van der Waals surface area contributed by atoms with E-state index in [1.807, 2.05) is 0 Å². The van der Waals surface area contributed by atoms with Gasteiger partial charge in [-0.2, -0.15) is 31.4 Å². The molecule has 1 heterocycles. The monoisotopic (exact) mass is 312 g/mol. The molecule has 1 N–H and O–H groups in total. The summed E-state index contributed by atoms with van der Waals surface area (Å²) in [6.07, 6.45) is -12.5. The Morgan fingerprint density at radius 2 is 1.57 bits per heavy atom. The number of benzene rings is 1. The van der Waals surface area contributed by atoms with Gasteiger partial charge in [-0.05, 0) is 12.1 Å². The zero-order valence-corrected chi connectivity index (χ0v) is 10.4. The van der Waals surface area contributed by atoms with Crippen molar-refractivity contribution in [2.75, 3.05) is 12.0 Å². The topological polar surface area (TPSA) is 33.6 Å². The molecule has 0 atom stereocenters. The molecule has 0 amide bonds.